The number of nitrogens with zero attached hydrogens (tertiary/aromatic N) is 1. The number of rotatable bonds is 0. The third-order valence-corrected chi connectivity index (χ3v) is 1.30. The van der Waals surface area contributed by atoms with Gasteiger partial charge in [0, 0.05) is 0 Å². The first-order valence-electron chi connectivity index (χ1n) is 3.57. The molecule has 1 aliphatic heterocycles. The van der Waals surface area contributed by atoms with E-state index < -0.39 is 23.8 Å². The summed E-state index contributed by atoms with van der Waals surface area (Å²) in [5, 5.41) is 17.8. The molecule has 0 radical (unpaired) electrons. The zero-order chi connectivity index (χ0) is 12.4. The molecule has 2 rings (SSSR count). The second-order valence-corrected chi connectivity index (χ2v) is 5.39. The first-order valence-corrected chi connectivity index (χ1v) is 9.20. The zero-order valence-electron chi connectivity index (χ0n) is 8.64. The van der Waals surface area contributed by atoms with Crippen molar-refractivity contribution in [3.63, 3.8) is 0 Å². The molecule has 0 bridgehead atoms. The molecule has 0 amide bonds. The van der Waals surface area contributed by atoms with Crippen molar-refractivity contribution in [2.24, 2.45) is 5.34 Å². The Bertz CT molecular complexity index is 302. The average molecular weight is 480 g/mol. The number of halogens is 2. The van der Waals surface area contributed by atoms with E-state index in [-0.39, 0.29) is 12.3 Å². The Kier molecular flexibility index (Phi) is 18.2. The molecule has 12 heteroatoms. The molecule has 8 nitrogen and oxygen atoms in total. The number of nitrogens with two attached hydrogens (primary N) is 2. The van der Waals surface area contributed by atoms with E-state index in [0.717, 1.165) is 5.34 Å². The van der Waals surface area contributed by atoms with Crippen molar-refractivity contribution in [2.75, 3.05) is 0 Å². The summed E-state index contributed by atoms with van der Waals surface area (Å²) in [4.78, 5) is 8.00. The maximum atomic E-state index is 8.81. The van der Waals surface area contributed by atoms with E-state index in [0.29, 0.717) is 11.5 Å². The number of hydrogen-bond donors (Lipinski definition) is 1. The molecule has 0 aliphatic carbocycles. The van der Waals surface area contributed by atoms with Crippen LogP contribution in [0.5, 0.6) is 11.5 Å². The van der Waals surface area contributed by atoms with Gasteiger partial charge in [0.1, 0.15) is 11.5 Å². The van der Waals surface area contributed by atoms with E-state index in [2.05, 4.69) is 0 Å². The molecule has 0 aromatic heterocycles. The third-order valence-electron chi connectivity index (χ3n) is 1.30. The maximum absolute atomic E-state index is 8.81. The fourth-order valence-electron chi connectivity index (χ4n) is 0.886. The van der Waals surface area contributed by atoms with E-state index in [9.17, 15) is 0 Å². The van der Waals surface area contributed by atoms with E-state index in [4.69, 9.17) is 43.3 Å². The van der Waals surface area contributed by atoms with Crippen LogP contribution in [-0.2, 0) is 16.5 Å². The topological polar surface area (TPSA) is 158 Å². The number of para-hydroxylation sites is 2. The molecule has 0 saturated carbocycles. The van der Waals surface area contributed by atoms with Gasteiger partial charge >= 0.3 is 42.6 Å². The molecule has 1 aromatic carbocycles. The van der Waals surface area contributed by atoms with Crippen LogP contribution in [0.15, 0.2) is 29.6 Å². The van der Waals surface area contributed by atoms with Crippen LogP contribution >= 0.6 is 18.8 Å². The van der Waals surface area contributed by atoms with Crippen LogP contribution in [0.2, 0.25) is 0 Å². The quantitative estimate of drug-likeness (QED) is 0.342. The van der Waals surface area contributed by atoms with Crippen LogP contribution in [0.4, 0.5) is 0 Å². The van der Waals surface area contributed by atoms with Crippen molar-refractivity contribution in [1.29, 1.82) is 0 Å². The monoisotopic (exact) mass is 479 g/mol. The predicted molar refractivity (Wildman–Crippen MR) is 67.1 cm³/mol. The Morgan fingerprint density at radius 2 is 1.50 bits per heavy atom. The molecule has 106 valence electrons. The summed E-state index contributed by atoms with van der Waals surface area (Å²) >= 11 is -0.472. The van der Waals surface area contributed by atoms with Crippen LogP contribution in [0.3, 0.4) is 0 Å². The number of fused-ring (bicyclic) bond motifs is 1. The Labute approximate surface area is 120 Å². The van der Waals surface area contributed by atoms with Crippen molar-refractivity contribution < 1.29 is 30.8 Å². The molecule has 0 spiro atoms. The van der Waals surface area contributed by atoms with Crippen LogP contribution in [0.1, 0.15) is 0 Å². The smallest absolute Gasteiger partial charge is 0.693 e. The van der Waals surface area contributed by atoms with Crippen LogP contribution in [0.25, 0.3) is 12.3 Å². The van der Waals surface area contributed by atoms with Gasteiger partial charge in [-0.1, -0.05) is 12.1 Å². The fraction of sp³-hybridized carbons (Fsp3) is 0. The minimum Gasteiger partial charge on any atom is -0.693 e. The fourth-order valence-corrected chi connectivity index (χ4v) is 0.886. The maximum Gasteiger partial charge on any atom is -0.693 e. The summed E-state index contributed by atoms with van der Waals surface area (Å²) in [6.45, 7) is 0. The average Bonchev–Trinajstić information content (AvgIpc) is 2.60. The summed E-state index contributed by atoms with van der Waals surface area (Å²) in [5.41, 5.74) is 0. The molecule has 0 unspecified atom stereocenters. The van der Waals surface area contributed by atoms with Crippen LogP contribution < -0.4 is 9.31 Å². The van der Waals surface area contributed by atoms with Crippen LogP contribution in [-0.4, -0.2) is 12.3 Å². The summed E-state index contributed by atoms with van der Waals surface area (Å²) in [6.07, 6.45) is 0. The molecular weight excluding hydrogens is 471 g/mol. The number of benzene rings is 1. The van der Waals surface area contributed by atoms with Gasteiger partial charge in [-0.15, -0.1) is 5.34 Å². The van der Waals surface area contributed by atoms with Gasteiger partial charge in [0.05, 0.1) is 0 Å². The molecule has 0 fully saturated rings. The van der Waals surface area contributed by atoms with E-state index in [1.165, 1.54) is 0 Å². The first kappa shape index (κ1) is 22.6. The van der Waals surface area contributed by atoms with Gasteiger partial charge in [0.2, 0.25) is 0 Å². The Morgan fingerprint density at radius 1 is 1.22 bits per heavy atom. The molecule has 1 heterocycles. The van der Waals surface area contributed by atoms with Crippen molar-refractivity contribution in [1.82, 2.24) is 0 Å². The van der Waals surface area contributed by atoms with Crippen LogP contribution in [0, 0.1) is 10.1 Å². The first-order chi connectivity index (χ1) is 7.69. The van der Waals surface area contributed by atoms with Gasteiger partial charge in [-0.3, -0.25) is 0 Å². The predicted octanol–water partition coefficient (Wildman–Crippen LogP) is 3.50. The van der Waals surface area contributed by atoms with Crippen molar-refractivity contribution in [2.45, 2.75) is 0 Å². The normalized spacial score (nSPS) is 9.61. The summed E-state index contributed by atoms with van der Waals surface area (Å²) in [6, 6.07) is 7.12. The Morgan fingerprint density at radius 3 is 1.78 bits per heavy atom. The summed E-state index contributed by atoms with van der Waals surface area (Å²) in [7, 11) is 8.62. The molecule has 18 heavy (non-hydrogen) atoms. The van der Waals surface area contributed by atoms with Crippen molar-refractivity contribution in [3.8, 4) is 11.5 Å². The van der Waals surface area contributed by atoms with E-state index >= 15 is 0 Å². The van der Waals surface area contributed by atoms with Crippen molar-refractivity contribution >= 4 is 26.2 Å². The van der Waals surface area contributed by atoms with Crippen molar-refractivity contribution in [3.05, 3.63) is 46.7 Å². The zero-order valence-corrected chi connectivity index (χ0v) is 12.4. The molecule has 0 atom stereocenters. The summed E-state index contributed by atoms with van der Waals surface area (Å²) in [5.74, 6) is 1.19. The second kappa shape index (κ2) is 14.5. The van der Waals surface area contributed by atoms with Gasteiger partial charge in [0.15, 0.2) is 0 Å². The second-order valence-electron chi connectivity index (χ2n) is 2.11. The van der Waals surface area contributed by atoms with Gasteiger partial charge in [-0.2, -0.15) is 0 Å². The largest absolute Gasteiger partial charge is 0.693 e. The van der Waals surface area contributed by atoms with E-state index in [1.54, 1.807) is 12.1 Å². The SMILES string of the molecule is O=N[O-].OB1Oc2ccccc2O1.[Cl][Pt+2][Cl].[NH2-].[NH2-]. The van der Waals surface area contributed by atoms with Gasteiger partial charge in [-0.05, 0) is 12.1 Å². The van der Waals surface area contributed by atoms with E-state index in [1.807, 2.05) is 12.1 Å². The Hall–Kier alpha value is -0.567. The molecule has 0 saturated heterocycles. The minimum absolute atomic E-state index is 0. The van der Waals surface area contributed by atoms with Gasteiger partial charge < -0.3 is 36.7 Å². The van der Waals surface area contributed by atoms with Gasteiger partial charge in [0.25, 0.3) is 0 Å². The third kappa shape index (κ3) is 9.46. The standard InChI is InChI=1S/C6H5BO3.2ClH.HNO2.2H2N.Pt/c8-7-9-5-3-1-2-4-6(5)10-7;;;2-1-3;;;/h1-4,8H;2*1H;(H,2,3);2*1H2;/q;;;;2*-1;+4/p-3. The minimum atomic E-state index is -1.13. The number of hydrogen-bond acceptors (Lipinski definition) is 6. The molecule has 1 aliphatic rings. The molecule has 5 N–H and O–H groups in total. The Balaban J connectivity index is -0.000000246. The molecular formula is C6H9BCl2N3O5Pt-. The van der Waals surface area contributed by atoms with Gasteiger partial charge in [-0.25, -0.2) is 0 Å². The summed E-state index contributed by atoms with van der Waals surface area (Å²) < 4.78 is 9.68. The molecule has 1 aromatic rings.